The molecule has 0 aliphatic heterocycles. The minimum Gasteiger partial charge on any atom is -0.293 e. The van der Waals surface area contributed by atoms with Crippen molar-refractivity contribution in [1.29, 1.82) is 0 Å². The highest BCUT2D eigenvalue weighted by Gasteiger charge is 1.87. The summed E-state index contributed by atoms with van der Waals surface area (Å²) in [4.78, 5) is 4.21. The fraction of sp³-hybridized carbons (Fsp3) is 0.300. The van der Waals surface area contributed by atoms with Crippen LogP contribution in [0.2, 0.25) is 5.02 Å². The number of rotatable bonds is 4. The Morgan fingerprint density at radius 1 is 1.23 bits per heavy atom. The van der Waals surface area contributed by atoms with Crippen LogP contribution < -0.4 is 0 Å². The fourth-order valence-corrected chi connectivity index (χ4v) is 1.12. The molecule has 0 bridgehead atoms. The van der Waals surface area contributed by atoms with Crippen molar-refractivity contribution in [2.24, 2.45) is 4.99 Å². The van der Waals surface area contributed by atoms with E-state index in [2.05, 4.69) is 4.99 Å². The van der Waals surface area contributed by atoms with E-state index in [1.54, 1.807) is 0 Å². The van der Waals surface area contributed by atoms with E-state index in [1.807, 2.05) is 30.5 Å². The summed E-state index contributed by atoms with van der Waals surface area (Å²) in [5.41, 5.74) is 1.07. The lowest BCUT2D eigenvalue weighted by atomic mass is 10.2. The third-order valence-corrected chi connectivity index (χ3v) is 2.05. The number of aliphatic imine (C=N–C) groups is 1. The van der Waals surface area contributed by atoms with Crippen molar-refractivity contribution < 1.29 is 0 Å². The van der Waals surface area contributed by atoms with E-state index in [0.717, 1.165) is 23.6 Å². The molecule has 13 heavy (non-hydrogen) atoms. The highest BCUT2D eigenvalue weighted by molar-refractivity contribution is 6.30. The normalized spacial score (nSPS) is 10.9. The van der Waals surface area contributed by atoms with E-state index in [0.29, 0.717) is 5.88 Å². The van der Waals surface area contributed by atoms with Crippen LogP contribution >= 0.6 is 23.2 Å². The average Bonchev–Trinajstić information content (AvgIpc) is 2.15. The van der Waals surface area contributed by atoms with Gasteiger partial charge in [0.05, 0.1) is 0 Å². The van der Waals surface area contributed by atoms with Crippen molar-refractivity contribution in [3.63, 3.8) is 0 Å². The summed E-state index contributed by atoms with van der Waals surface area (Å²) in [6.07, 6.45) is 2.76. The first-order chi connectivity index (χ1) is 6.33. The van der Waals surface area contributed by atoms with Crippen LogP contribution in [0.15, 0.2) is 29.3 Å². The molecule has 0 unspecified atom stereocenters. The van der Waals surface area contributed by atoms with E-state index >= 15 is 0 Å². The topological polar surface area (TPSA) is 12.4 Å². The lowest BCUT2D eigenvalue weighted by Gasteiger charge is -1.93. The molecule has 1 aromatic rings. The summed E-state index contributed by atoms with van der Waals surface area (Å²) in [6.45, 7) is 0.784. The van der Waals surface area contributed by atoms with Crippen LogP contribution in [0.25, 0.3) is 0 Å². The Labute approximate surface area is 88.4 Å². The predicted molar refractivity (Wildman–Crippen MR) is 59.3 cm³/mol. The highest BCUT2D eigenvalue weighted by atomic mass is 35.5. The molecule has 0 N–H and O–H groups in total. The van der Waals surface area contributed by atoms with Crippen molar-refractivity contribution in [3.8, 4) is 0 Å². The van der Waals surface area contributed by atoms with Crippen LogP contribution in [0.4, 0.5) is 0 Å². The molecule has 3 heteroatoms. The number of alkyl halides is 1. The van der Waals surface area contributed by atoms with Gasteiger partial charge in [0.2, 0.25) is 0 Å². The molecule has 1 nitrogen and oxygen atoms in total. The van der Waals surface area contributed by atoms with Crippen molar-refractivity contribution >= 4 is 29.4 Å². The van der Waals surface area contributed by atoms with Gasteiger partial charge in [0, 0.05) is 23.7 Å². The Balaban J connectivity index is 2.44. The monoisotopic (exact) mass is 215 g/mol. The largest absolute Gasteiger partial charge is 0.293 e. The molecule has 0 atom stereocenters. The van der Waals surface area contributed by atoms with Gasteiger partial charge in [0.1, 0.15) is 0 Å². The van der Waals surface area contributed by atoms with E-state index in [4.69, 9.17) is 23.2 Å². The van der Waals surface area contributed by atoms with Crippen molar-refractivity contribution in [3.05, 3.63) is 34.9 Å². The molecule has 0 aliphatic rings. The molecule has 0 saturated carbocycles. The van der Waals surface area contributed by atoms with Gasteiger partial charge < -0.3 is 0 Å². The SMILES string of the molecule is ClCCCN=Cc1ccc(Cl)cc1. The zero-order chi connectivity index (χ0) is 9.52. The molecule has 0 aliphatic carbocycles. The first kappa shape index (κ1) is 10.6. The number of hydrogen-bond acceptors (Lipinski definition) is 1. The van der Waals surface area contributed by atoms with Gasteiger partial charge in [0.15, 0.2) is 0 Å². The van der Waals surface area contributed by atoms with Crippen LogP contribution in [-0.4, -0.2) is 18.6 Å². The lowest BCUT2D eigenvalue weighted by Crippen LogP contribution is -1.85. The molecule has 70 valence electrons. The second kappa shape index (κ2) is 6.01. The smallest absolute Gasteiger partial charge is 0.0406 e. The molecular formula is C10H11Cl2N. The summed E-state index contributed by atoms with van der Waals surface area (Å²) in [7, 11) is 0. The van der Waals surface area contributed by atoms with Crippen LogP contribution in [0.3, 0.4) is 0 Å². The Bertz CT molecular complexity index is 267. The fourth-order valence-electron chi connectivity index (χ4n) is 0.870. The van der Waals surface area contributed by atoms with Gasteiger partial charge >= 0.3 is 0 Å². The Morgan fingerprint density at radius 2 is 1.92 bits per heavy atom. The maximum atomic E-state index is 5.73. The summed E-state index contributed by atoms with van der Waals surface area (Å²) in [5.74, 6) is 0.665. The molecule has 0 aromatic heterocycles. The summed E-state index contributed by atoms with van der Waals surface area (Å²) in [5, 5.41) is 0.748. The minimum absolute atomic E-state index is 0.665. The number of benzene rings is 1. The third kappa shape index (κ3) is 4.30. The maximum absolute atomic E-state index is 5.73. The van der Waals surface area contributed by atoms with E-state index in [9.17, 15) is 0 Å². The summed E-state index contributed by atoms with van der Waals surface area (Å²) >= 11 is 11.2. The van der Waals surface area contributed by atoms with Crippen LogP contribution in [0.1, 0.15) is 12.0 Å². The van der Waals surface area contributed by atoms with Crippen molar-refractivity contribution in [2.45, 2.75) is 6.42 Å². The van der Waals surface area contributed by atoms with E-state index in [-0.39, 0.29) is 0 Å². The van der Waals surface area contributed by atoms with Crippen molar-refractivity contribution in [2.75, 3.05) is 12.4 Å². The zero-order valence-corrected chi connectivity index (χ0v) is 8.72. The highest BCUT2D eigenvalue weighted by Crippen LogP contribution is 2.07. The van der Waals surface area contributed by atoms with E-state index < -0.39 is 0 Å². The molecule has 0 amide bonds. The zero-order valence-electron chi connectivity index (χ0n) is 7.21. The standard InChI is InChI=1S/C10H11Cl2N/c11-6-1-7-13-8-9-2-4-10(12)5-3-9/h2-5,8H,1,6-7H2. The second-order valence-corrected chi connectivity index (χ2v) is 3.44. The Morgan fingerprint density at radius 3 is 2.54 bits per heavy atom. The predicted octanol–water partition coefficient (Wildman–Crippen LogP) is 3.39. The van der Waals surface area contributed by atoms with Crippen LogP contribution in [0, 0.1) is 0 Å². The molecule has 0 fully saturated rings. The first-order valence-electron chi connectivity index (χ1n) is 4.14. The van der Waals surface area contributed by atoms with Gasteiger partial charge in [-0.1, -0.05) is 23.7 Å². The number of nitrogens with zero attached hydrogens (tertiary/aromatic N) is 1. The maximum Gasteiger partial charge on any atom is 0.0406 e. The number of halogens is 2. The molecule has 0 spiro atoms. The second-order valence-electron chi connectivity index (χ2n) is 2.63. The van der Waals surface area contributed by atoms with Gasteiger partial charge in [-0.15, -0.1) is 11.6 Å². The first-order valence-corrected chi connectivity index (χ1v) is 5.05. The van der Waals surface area contributed by atoms with Gasteiger partial charge in [-0.25, -0.2) is 0 Å². The molecule has 0 heterocycles. The molecule has 1 rings (SSSR count). The quantitative estimate of drug-likeness (QED) is 0.415. The van der Waals surface area contributed by atoms with Gasteiger partial charge in [-0.2, -0.15) is 0 Å². The van der Waals surface area contributed by atoms with E-state index in [1.165, 1.54) is 0 Å². The van der Waals surface area contributed by atoms with Gasteiger partial charge in [-0.3, -0.25) is 4.99 Å². The van der Waals surface area contributed by atoms with Gasteiger partial charge in [0.25, 0.3) is 0 Å². The van der Waals surface area contributed by atoms with Gasteiger partial charge in [-0.05, 0) is 24.1 Å². The minimum atomic E-state index is 0.665. The molecule has 0 radical (unpaired) electrons. The lowest BCUT2D eigenvalue weighted by molar-refractivity contribution is 0.943. The number of hydrogen-bond donors (Lipinski definition) is 0. The Hall–Kier alpha value is -0.530. The van der Waals surface area contributed by atoms with Crippen LogP contribution in [-0.2, 0) is 0 Å². The third-order valence-electron chi connectivity index (χ3n) is 1.53. The van der Waals surface area contributed by atoms with Crippen molar-refractivity contribution in [1.82, 2.24) is 0 Å². The van der Waals surface area contributed by atoms with Crippen LogP contribution in [0.5, 0.6) is 0 Å². The molecule has 1 aromatic carbocycles. The average molecular weight is 216 g/mol. The molecule has 0 saturated heterocycles. The Kier molecular flexibility index (Phi) is 4.87. The summed E-state index contributed by atoms with van der Waals surface area (Å²) < 4.78 is 0. The molecular weight excluding hydrogens is 205 g/mol. The summed E-state index contributed by atoms with van der Waals surface area (Å²) in [6, 6.07) is 7.58.